The van der Waals surface area contributed by atoms with E-state index in [-0.39, 0.29) is 0 Å². The molecule has 0 aliphatic heterocycles. The van der Waals surface area contributed by atoms with Gasteiger partial charge in [0.15, 0.2) is 0 Å². The normalized spacial score (nSPS) is 10.9. The van der Waals surface area contributed by atoms with Crippen LogP contribution in [0.1, 0.15) is 0 Å². The van der Waals surface area contributed by atoms with Gasteiger partial charge in [-0.2, -0.15) is 0 Å². The highest BCUT2D eigenvalue weighted by Gasteiger charge is 2.24. The fourth-order valence-electron chi connectivity index (χ4n) is 2.29. The first-order valence-electron chi connectivity index (χ1n) is 6.72. The summed E-state index contributed by atoms with van der Waals surface area (Å²) < 4.78 is 42.7. The van der Waals surface area contributed by atoms with Crippen molar-refractivity contribution in [3.05, 3.63) is 90.2 Å². The Labute approximate surface area is 128 Å². The predicted octanol–water partition coefficient (Wildman–Crippen LogP) is 3.86. The summed E-state index contributed by atoms with van der Waals surface area (Å²) in [4.78, 5) is 0. The topological polar surface area (TPSA) is 0 Å². The molecule has 0 radical (unpaired) electrons. The van der Waals surface area contributed by atoms with Crippen LogP contribution in [-0.2, 0) is 0 Å². The van der Waals surface area contributed by atoms with E-state index in [1.54, 1.807) is 54.6 Å². The summed E-state index contributed by atoms with van der Waals surface area (Å²) in [6.45, 7) is 0. The lowest BCUT2D eigenvalue weighted by atomic mass is 10.3. The quantitative estimate of drug-likeness (QED) is 0.644. The van der Waals surface area contributed by atoms with E-state index in [0.717, 1.165) is 0 Å². The van der Waals surface area contributed by atoms with Crippen molar-refractivity contribution >= 4 is 23.8 Å². The van der Waals surface area contributed by atoms with E-state index in [1.807, 2.05) is 0 Å². The molecule has 0 heterocycles. The van der Waals surface area contributed by atoms with E-state index in [1.165, 1.54) is 18.2 Å². The number of rotatable bonds is 3. The third kappa shape index (κ3) is 2.77. The Morgan fingerprint density at radius 2 is 0.727 bits per heavy atom. The Morgan fingerprint density at radius 3 is 1.00 bits per heavy atom. The molecule has 0 fully saturated rings. The molecule has 22 heavy (non-hydrogen) atoms. The molecule has 3 aromatic carbocycles. The smallest absolute Gasteiger partial charge is 0.131 e. The van der Waals surface area contributed by atoms with Crippen molar-refractivity contribution in [3.8, 4) is 0 Å². The third-order valence-corrected chi connectivity index (χ3v) is 5.81. The maximum Gasteiger partial charge on any atom is 0.131 e. The van der Waals surface area contributed by atoms with Gasteiger partial charge < -0.3 is 0 Å². The zero-order chi connectivity index (χ0) is 15.5. The maximum absolute atomic E-state index is 14.2. The first kappa shape index (κ1) is 14.8. The Kier molecular flexibility index (Phi) is 4.26. The van der Waals surface area contributed by atoms with Crippen LogP contribution >= 0.6 is 7.92 Å². The number of hydrogen-bond donors (Lipinski definition) is 0. The minimum absolute atomic E-state index is 0.313. The van der Waals surface area contributed by atoms with Crippen LogP contribution in [0, 0.1) is 17.5 Å². The molecule has 4 heteroatoms. The molecule has 0 amide bonds. The number of halogens is 3. The van der Waals surface area contributed by atoms with Crippen LogP contribution in [0.3, 0.4) is 0 Å². The van der Waals surface area contributed by atoms with Crippen molar-refractivity contribution in [2.45, 2.75) is 0 Å². The molecule has 0 spiro atoms. The molecule has 110 valence electrons. The van der Waals surface area contributed by atoms with Crippen LogP contribution in [-0.4, -0.2) is 0 Å². The fourth-order valence-corrected chi connectivity index (χ4v) is 4.64. The van der Waals surface area contributed by atoms with Gasteiger partial charge in [-0.1, -0.05) is 54.6 Å². The summed E-state index contributed by atoms with van der Waals surface area (Å²) in [5.74, 6) is -1.37. The van der Waals surface area contributed by atoms with Crippen LogP contribution in [0.4, 0.5) is 13.2 Å². The molecule has 0 aromatic heterocycles. The predicted molar refractivity (Wildman–Crippen MR) is 85.0 cm³/mol. The van der Waals surface area contributed by atoms with Crippen molar-refractivity contribution in [1.29, 1.82) is 0 Å². The van der Waals surface area contributed by atoms with Gasteiger partial charge in [0, 0.05) is 15.9 Å². The summed E-state index contributed by atoms with van der Waals surface area (Å²) in [6, 6.07) is 18.4. The second-order valence-electron chi connectivity index (χ2n) is 4.69. The van der Waals surface area contributed by atoms with Gasteiger partial charge in [0.05, 0.1) is 0 Å². The van der Waals surface area contributed by atoms with E-state index < -0.39 is 25.4 Å². The van der Waals surface area contributed by atoms with Crippen molar-refractivity contribution in [2.24, 2.45) is 0 Å². The molecule has 0 atom stereocenters. The monoisotopic (exact) mass is 316 g/mol. The molecule has 3 rings (SSSR count). The summed E-state index contributed by atoms with van der Waals surface area (Å²) in [5, 5.41) is 0.938. The summed E-state index contributed by atoms with van der Waals surface area (Å²) in [6.07, 6.45) is 0. The van der Waals surface area contributed by atoms with Gasteiger partial charge in [0.2, 0.25) is 0 Å². The van der Waals surface area contributed by atoms with Crippen molar-refractivity contribution < 1.29 is 13.2 Å². The zero-order valence-electron chi connectivity index (χ0n) is 11.5. The lowest BCUT2D eigenvalue weighted by Gasteiger charge is -2.20. The average Bonchev–Trinajstić information content (AvgIpc) is 2.53. The molecule has 0 N–H and O–H groups in total. The van der Waals surface area contributed by atoms with Gasteiger partial charge in [-0.05, 0) is 26.1 Å². The Bertz CT molecular complexity index is 693. The van der Waals surface area contributed by atoms with Crippen LogP contribution < -0.4 is 15.9 Å². The van der Waals surface area contributed by atoms with E-state index in [2.05, 4.69) is 0 Å². The molecular formula is C18H12F3P. The summed E-state index contributed by atoms with van der Waals surface area (Å²) in [7, 11) is -1.63. The van der Waals surface area contributed by atoms with Gasteiger partial charge in [-0.3, -0.25) is 0 Å². The molecule has 0 aliphatic carbocycles. The first-order valence-corrected chi connectivity index (χ1v) is 8.06. The lowest BCUT2D eigenvalue weighted by molar-refractivity contribution is 0.632. The Balaban J connectivity index is 2.27. The maximum atomic E-state index is 14.2. The number of benzene rings is 3. The SMILES string of the molecule is Fc1ccccc1P(c1ccccc1F)c1ccccc1F. The molecule has 0 nitrogen and oxygen atoms in total. The minimum atomic E-state index is -1.63. The lowest BCUT2D eigenvalue weighted by Crippen LogP contribution is -2.26. The average molecular weight is 316 g/mol. The van der Waals surface area contributed by atoms with Crippen molar-refractivity contribution in [2.75, 3.05) is 0 Å². The molecule has 0 saturated carbocycles. The highest BCUT2D eigenvalue weighted by molar-refractivity contribution is 7.79. The molecule has 0 bridgehead atoms. The van der Waals surface area contributed by atoms with E-state index in [9.17, 15) is 13.2 Å². The van der Waals surface area contributed by atoms with Gasteiger partial charge in [-0.25, -0.2) is 13.2 Å². The molecular weight excluding hydrogens is 304 g/mol. The van der Waals surface area contributed by atoms with Crippen LogP contribution in [0.5, 0.6) is 0 Å². The standard InChI is InChI=1S/C18H12F3P/c19-13-7-1-4-10-16(13)22(17-11-5-2-8-14(17)20)18-12-6-3-9-15(18)21/h1-12H. The highest BCUT2D eigenvalue weighted by atomic mass is 31.1. The molecule has 0 unspecified atom stereocenters. The second-order valence-corrected chi connectivity index (χ2v) is 6.81. The fraction of sp³-hybridized carbons (Fsp3) is 0. The second kappa shape index (κ2) is 6.33. The van der Waals surface area contributed by atoms with Crippen LogP contribution in [0.15, 0.2) is 72.8 Å². The van der Waals surface area contributed by atoms with Gasteiger partial charge >= 0.3 is 0 Å². The summed E-state index contributed by atoms with van der Waals surface area (Å²) in [5.41, 5.74) is 0. The molecule has 0 aliphatic rings. The van der Waals surface area contributed by atoms with E-state index >= 15 is 0 Å². The molecule has 0 saturated heterocycles. The van der Waals surface area contributed by atoms with E-state index in [0.29, 0.717) is 15.9 Å². The van der Waals surface area contributed by atoms with Crippen LogP contribution in [0.2, 0.25) is 0 Å². The largest absolute Gasteiger partial charge is 0.206 e. The van der Waals surface area contributed by atoms with Crippen LogP contribution in [0.25, 0.3) is 0 Å². The Hall–Kier alpha value is -2.12. The molecule has 3 aromatic rings. The Morgan fingerprint density at radius 1 is 0.455 bits per heavy atom. The minimum Gasteiger partial charge on any atom is -0.206 e. The summed E-state index contributed by atoms with van der Waals surface area (Å²) >= 11 is 0. The van der Waals surface area contributed by atoms with Crippen molar-refractivity contribution in [1.82, 2.24) is 0 Å². The van der Waals surface area contributed by atoms with E-state index in [4.69, 9.17) is 0 Å². The van der Waals surface area contributed by atoms with Crippen molar-refractivity contribution in [3.63, 3.8) is 0 Å². The third-order valence-electron chi connectivity index (χ3n) is 3.28. The van der Waals surface area contributed by atoms with Gasteiger partial charge in [-0.15, -0.1) is 0 Å². The highest BCUT2D eigenvalue weighted by Crippen LogP contribution is 2.35. The first-order chi connectivity index (χ1) is 10.7. The zero-order valence-corrected chi connectivity index (χ0v) is 12.4. The van der Waals surface area contributed by atoms with Gasteiger partial charge in [0.1, 0.15) is 17.5 Å². The number of hydrogen-bond acceptors (Lipinski definition) is 0. The van der Waals surface area contributed by atoms with Gasteiger partial charge in [0.25, 0.3) is 0 Å².